The van der Waals surface area contributed by atoms with Gasteiger partial charge in [0.15, 0.2) is 6.29 Å². The second-order valence-corrected chi connectivity index (χ2v) is 5.55. The van der Waals surface area contributed by atoms with E-state index >= 15 is 0 Å². The van der Waals surface area contributed by atoms with Crippen LogP contribution in [-0.2, 0) is 4.74 Å². The van der Waals surface area contributed by atoms with Crippen molar-refractivity contribution in [1.29, 1.82) is 0 Å². The van der Waals surface area contributed by atoms with Crippen LogP contribution in [0, 0.1) is 5.92 Å². The van der Waals surface area contributed by atoms with Gasteiger partial charge in [-0.2, -0.15) is 0 Å². The van der Waals surface area contributed by atoms with Crippen LogP contribution in [0.4, 0.5) is 8.78 Å². The average Bonchev–Trinajstić information content (AvgIpc) is 2.15. The van der Waals surface area contributed by atoms with Crippen molar-refractivity contribution in [2.45, 2.75) is 64.3 Å². The number of ether oxygens (including phenoxy) is 1. The highest BCUT2D eigenvalue weighted by molar-refractivity contribution is 4.95. The number of hydrogen-bond acceptors (Lipinski definition) is 2. The maximum absolute atomic E-state index is 13.1. The monoisotopic (exact) mass is 248 g/mol. The predicted octanol–water partition coefficient (Wildman–Crippen LogP) is 3.50. The van der Waals surface area contributed by atoms with Crippen molar-refractivity contribution in [3.63, 3.8) is 0 Å². The van der Waals surface area contributed by atoms with Crippen LogP contribution in [0.15, 0.2) is 12.2 Å². The largest absolute Gasteiger partial charge is 0.364 e. The number of aliphatic hydroxyl groups is 1. The Hall–Kier alpha value is -0.480. The first kappa shape index (κ1) is 14.6. The van der Waals surface area contributed by atoms with Crippen LogP contribution in [0.5, 0.6) is 0 Å². The summed E-state index contributed by atoms with van der Waals surface area (Å²) in [5.74, 6) is -2.48. The molecular formula is C13H22F2O2. The van der Waals surface area contributed by atoms with Gasteiger partial charge in [-0.05, 0) is 45.1 Å². The Kier molecular flexibility index (Phi) is 4.31. The molecule has 1 atom stereocenters. The fourth-order valence-electron chi connectivity index (χ4n) is 2.22. The molecule has 0 saturated heterocycles. The topological polar surface area (TPSA) is 29.5 Å². The molecule has 0 aromatic heterocycles. The summed E-state index contributed by atoms with van der Waals surface area (Å²) in [5.41, 5.74) is -0.0753. The predicted molar refractivity (Wildman–Crippen MR) is 62.9 cm³/mol. The molecule has 4 heteroatoms. The van der Waals surface area contributed by atoms with Gasteiger partial charge in [0.1, 0.15) is 0 Å². The molecule has 1 saturated carbocycles. The maximum atomic E-state index is 13.1. The summed E-state index contributed by atoms with van der Waals surface area (Å²) < 4.78 is 31.6. The molecule has 0 radical (unpaired) electrons. The van der Waals surface area contributed by atoms with E-state index in [2.05, 4.69) is 6.58 Å². The van der Waals surface area contributed by atoms with E-state index in [9.17, 15) is 13.9 Å². The van der Waals surface area contributed by atoms with Gasteiger partial charge < -0.3 is 9.84 Å². The zero-order chi connectivity index (χ0) is 13.3. The molecule has 1 rings (SSSR count). The SMILES string of the molecule is C=C(C)C(O)OC(C)(C)C1CCC(F)(F)CC1. The zero-order valence-electron chi connectivity index (χ0n) is 10.8. The van der Waals surface area contributed by atoms with Crippen LogP contribution in [0.25, 0.3) is 0 Å². The molecule has 0 aromatic carbocycles. The number of halogens is 2. The third kappa shape index (κ3) is 4.03. The summed E-state index contributed by atoms with van der Waals surface area (Å²) in [6, 6.07) is 0. The summed E-state index contributed by atoms with van der Waals surface area (Å²) >= 11 is 0. The summed E-state index contributed by atoms with van der Waals surface area (Å²) in [5, 5.41) is 9.63. The minimum absolute atomic E-state index is 0.0520. The van der Waals surface area contributed by atoms with E-state index < -0.39 is 17.8 Å². The smallest absolute Gasteiger partial charge is 0.248 e. The molecule has 1 fully saturated rings. The fourth-order valence-corrected chi connectivity index (χ4v) is 2.22. The summed E-state index contributed by atoms with van der Waals surface area (Å²) in [6.07, 6.45) is -0.333. The van der Waals surface area contributed by atoms with Gasteiger partial charge in [-0.25, -0.2) is 8.78 Å². The third-order valence-corrected chi connectivity index (χ3v) is 3.54. The molecule has 0 amide bonds. The van der Waals surface area contributed by atoms with E-state index in [4.69, 9.17) is 4.74 Å². The molecule has 2 nitrogen and oxygen atoms in total. The second-order valence-electron chi connectivity index (χ2n) is 5.55. The third-order valence-electron chi connectivity index (χ3n) is 3.54. The van der Waals surface area contributed by atoms with Gasteiger partial charge in [0.25, 0.3) is 0 Å². The molecule has 100 valence electrons. The van der Waals surface area contributed by atoms with Crippen molar-refractivity contribution in [3.8, 4) is 0 Å². The van der Waals surface area contributed by atoms with E-state index in [0.717, 1.165) is 0 Å². The summed E-state index contributed by atoms with van der Waals surface area (Å²) in [7, 11) is 0. The molecule has 0 aromatic rings. The van der Waals surface area contributed by atoms with Crippen molar-refractivity contribution in [2.24, 2.45) is 5.92 Å². The van der Waals surface area contributed by atoms with E-state index in [1.807, 2.05) is 13.8 Å². The Bertz CT molecular complexity index is 277. The van der Waals surface area contributed by atoms with Crippen LogP contribution in [0.1, 0.15) is 46.5 Å². The van der Waals surface area contributed by atoms with E-state index in [1.54, 1.807) is 6.92 Å². The lowest BCUT2D eigenvalue weighted by molar-refractivity contribution is -0.185. The van der Waals surface area contributed by atoms with Crippen LogP contribution < -0.4 is 0 Å². The van der Waals surface area contributed by atoms with Crippen molar-refractivity contribution in [2.75, 3.05) is 0 Å². The van der Waals surface area contributed by atoms with Crippen LogP contribution in [0.2, 0.25) is 0 Å². The minimum Gasteiger partial charge on any atom is -0.364 e. The van der Waals surface area contributed by atoms with Gasteiger partial charge in [-0.3, -0.25) is 0 Å². The van der Waals surface area contributed by atoms with Crippen LogP contribution in [-0.4, -0.2) is 22.9 Å². The Morgan fingerprint density at radius 3 is 2.29 bits per heavy atom. The lowest BCUT2D eigenvalue weighted by atomic mass is 9.77. The van der Waals surface area contributed by atoms with E-state index in [-0.39, 0.29) is 18.8 Å². The van der Waals surface area contributed by atoms with Gasteiger partial charge in [0, 0.05) is 12.8 Å². The summed E-state index contributed by atoms with van der Waals surface area (Å²) in [6.45, 7) is 8.97. The molecule has 0 aliphatic heterocycles. The molecule has 0 bridgehead atoms. The Balaban J connectivity index is 2.57. The van der Waals surface area contributed by atoms with Crippen molar-refractivity contribution < 1.29 is 18.6 Å². The maximum Gasteiger partial charge on any atom is 0.248 e. The molecule has 0 heterocycles. The first-order chi connectivity index (χ1) is 7.64. The van der Waals surface area contributed by atoms with Crippen molar-refractivity contribution in [1.82, 2.24) is 0 Å². The van der Waals surface area contributed by atoms with E-state index in [1.165, 1.54) is 0 Å². The number of aliphatic hydroxyl groups excluding tert-OH is 1. The molecule has 1 aliphatic carbocycles. The zero-order valence-corrected chi connectivity index (χ0v) is 10.8. The lowest BCUT2D eigenvalue weighted by Crippen LogP contribution is -2.42. The van der Waals surface area contributed by atoms with Crippen LogP contribution >= 0.6 is 0 Å². The standard InChI is InChI=1S/C13H22F2O2/c1-9(2)11(16)17-12(3,4)10-5-7-13(14,15)8-6-10/h10-11,16H,1,5-8H2,2-4H3. The summed E-state index contributed by atoms with van der Waals surface area (Å²) in [4.78, 5) is 0. The number of rotatable bonds is 4. The highest BCUT2D eigenvalue weighted by atomic mass is 19.3. The molecule has 1 unspecified atom stereocenters. The molecular weight excluding hydrogens is 226 g/mol. The first-order valence-electron chi connectivity index (χ1n) is 6.03. The van der Waals surface area contributed by atoms with Crippen molar-refractivity contribution >= 4 is 0 Å². The second kappa shape index (κ2) is 5.02. The van der Waals surface area contributed by atoms with Gasteiger partial charge in [0.05, 0.1) is 5.60 Å². The molecule has 1 N–H and O–H groups in total. The quantitative estimate of drug-likeness (QED) is 0.609. The lowest BCUT2D eigenvalue weighted by Gasteiger charge is -2.40. The highest BCUT2D eigenvalue weighted by Gasteiger charge is 2.41. The average molecular weight is 248 g/mol. The normalized spacial score (nSPS) is 23.4. The van der Waals surface area contributed by atoms with Gasteiger partial charge in [-0.15, -0.1) is 0 Å². The Labute approximate surface area is 102 Å². The number of hydrogen-bond donors (Lipinski definition) is 1. The molecule has 0 spiro atoms. The van der Waals surface area contributed by atoms with Gasteiger partial charge >= 0.3 is 0 Å². The number of alkyl halides is 2. The fraction of sp³-hybridized carbons (Fsp3) is 0.846. The van der Waals surface area contributed by atoms with Gasteiger partial charge in [-0.1, -0.05) is 6.58 Å². The Morgan fingerprint density at radius 1 is 1.41 bits per heavy atom. The highest BCUT2D eigenvalue weighted by Crippen LogP contribution is 2.42. The van der Waals surface area contributed by atoms with Crippen molar-refractivity contribution in [3.05, 3.63) is 12.2 Å². The molecule has 1 aliphatic rings. The molecule has 17 heavy (non-hydrogen) atoms. The Morgan fingerprint density at radius 2 is 1.88 bits per heavy atom. The van der Waals surface area contributed by atoms with E-state index in [0.29, 0.717) is 18.4 Å². The first-order valence-corrected chi connectivity index (χ1v) is 6.03. The van der Waals surface area contributed by atoms with Crippen LogP contribution in [0.3, 0.4) is 0 Å². The minimum atomic E-state index is -2.53. The van der Waals surface area contributed by atoms with Gasteiger partial charge in [0.2, 0.25) is 5.92 Å².